The number of pyridine rings is 1. The van der Waals surface area contributed by atoms with Crippen LogP contribution in [0.3, 0.4) is 0 Å². The van der Waals surface area contributed by atoms with Crippen LogP contribution in [0, 0.1) is 0 Å². The number of amides is 1. The molecule has 1 aliphatic rings. The zero-order valence-electron chi connectivity index (χ0n) is 19.3. The Bertz CT molecular complexity index is 1390. The molecule has 1 unspecified atom stereocenters. The molecular formula is C27H23N3O4S. The molecular weight excluding hydrogens is 462 g/mol. The summed E-state index contributed by atoms with van der Waals surface area (Å²) in [5, 5.41) is 2.76. The zero-order chi connectivity index (χ0) is 24.4. The number of hydrogen-bond acceptors (Lipinski definition) is 7. The Balaban J connectivity index is 1.49. The number of hydrogen-bond donors (Lipinski definition) is 0. The lowest BCUT2D eigenvalue weighted by Crippen LogP contribution is -2.47. The highest BCUT2D eigenvalue weighted by molar-refractivity contribution is 7.13. The summed E-state index contributed by atoms with van der Waals surface area (Å²) in [7, 11) is 1.55. The molecule has 176 valence electrons. The molecule has 0 saturated heterocycles. The van der Waals surface area contributed by atoms with Crippen LogP contribution in [0.15, 0.2) is 72.2 Å². The third kappa shape index (κ3) is 4.52. The fourth-order valence-corrected chi connectivity index (χ4v) is 4.75. The summed E-state index contributed by atoms with van der Waals surface area (Å²) in [5.41, 5.74) is 3.43. The SMILES string of the molecule is CCC1Oc2ccc(-c3csc(-c4ccccn4)n3)cc2N(CC(=O)c2cccc(OC)c2)C1=O. The molecule has 1 amide bonds. The molecule has 1 atom stereocenters. The van der Waals surface area contributed by atoms with E-state index in [4.69, 9.17) is 14.5 Å². The molecule has 3 heterocycles. The van der Waals surface area contributed by atoms with E-state index in [2.05, 4.69) is 4.98 Å². The Labute approximate surface area is 207 Å². The van der Waals surface area contributed by atoms with Crippen molar-refractivity contribution >= 4 is 28.7 Å². The first kappa shape index (κ1) is 22.7. The summed E-state index contributed by atoms with van der Waals surface area (Å²) in [4.78, 5) is 37.0. The molecule has 0 N–H and O–H groups in total. The van der Waals surface area contributed by atoms with Crippen LogP contribution in [-0.4, -0.2) is 41.4 Å². The van der Waals surface area contributed by atoms with Crippen LogP contribution < -0.4 is 14.4 Å². The van der Waals surface area contributed by atoms with Crippen molar-refractivity contribution in [3.63, 3.8) is 0 Å². The van der Waals surface area contributed by atoms with Crippen LogP contribution in [0.5, 0.6) is 11.5 Å². The number of Topliss-reactive ketones (excluding diaryl/α,β-unsaturated/α-hetero) is 1. The molecule has 0 saturated carbocycles. The number of ketones is 1. The Morgan fingerprint density at radius 2 is 2.00 bits per heavy atom. The molecule has 4 aromatic rings. The van der Waals surface area contributed by atoms with Gasteiger partial charge >= 0.3 is 0 Å². The van der Waals surface area contributed by atoms with Gasteiger partial charge in [-0.1, -0.05) is 25.1 Å². The van der Waals surface area contributed by atoms with E-state index in [1.54, 1.807) is 37.6 Å². The Kier molecular flexibility index (Phi) is 6.29. The maximum atomic E-state index is 13.2. The standard InChI is InChI=1S/C27H23N3O4S/c1-3-24-27(32)30(15-23(31)18-7-6-8-19(13-18)33-2)22-14-17(10-11-25(22)34-24)21-16-35-26(29-21)20-9-4-5-12-28-20/h4-14,16,24H,3,15H2,1-2H3. The van der Waals surface area contributed by atoms with E-state index in [0.717, 1.165) is 22.0 Å². The molecule has 0 bridgehead atoms. The Morgan fingerprint density at radius 3 is 2.77 bits per heavy atom. The van der Waals surface area contributed by atoms with Gasteiger partial charge in [-0.15, -0.1) is 11.3 Å². The normalized spacial score (nSPS) is 14.9. The second-order valence-electron chi connectivity index (χ2n) is 8.03. The van der Waals surface area contributed by atoms with Gasteiger partial charge < -0.3 is 9.47 Å². The number of carbonyl (C=O) groups excluding carboxylic acids is 2. The van der Waals surface area contributed by atoms with Crippen molar-refractivity contribution in [2.45, 2.75) is 19.4 Å². The Hall–Kier alpha value is -4.04. The minimum atomic E-state index is -0.638. The van der Waals surface area contributed by atoms with Gasteiger partial charge in [0.15, 0.2) is 11.9 Å². The van der Waals surface area contributed by atoms with Gasteiger partial charge in [0.05, 0.1) is 30.7 Å². The first-order chi connectivity index (χ1) is 17.1. The second kappa shape index (κ2) is 9.68. The molecule has 7 nitrogen and oxygen atoms in total. The zero-order valence-corrected chi connectivity index (χ0v) is 20.1. The van der Waals surface area contributed by atoms with Gasteiger partial charge in [-0.2, -0.15) is 0 Å². The topological polar surface area (TPSA) is 81.6 Å². The number of aromatic nitrogens is 2. The van der Waals surface area contributed by atoms with E-state index in [9.17, 15) is 9.59 Å². The quantitative estimate of drug-likeness (QED) is 0.332. The highest BCUT2D eigenvalue weighted by Crippen LogP contribution is 2.39. The summed E-state index contributed by atoms with van der Waals surface area (Å²) < 4.78 is 11.2. The summed E-state index contributed by atoms with van der Waals surface area (Å²) in [6, 6.07) is 18.2. The number of fused-ring (bicyclic) bond motifs is 1. The highest BCUT2D eigenvalue weighted by atomic mass is 32.1. The molecule has 0 spiro atoms. The number of anilines is 1. The largest absolute Gasteiger partial charge is 0.497 e. The van der Waals surface area contributed by atoms with Crippen molar-refractivity contribution in [2.24, 2.45) is 0 Å². The molecule has 0 fully saturated rings. The molecule has 1 aliphatic heterocycles. The first-order valence-corrected chi connectivity index (χ1v) is 12.1. The van der Waals surface area contributed by atoms with Gasteiger partial charge in [0.1, 0.15) is 16.5 Å². The molecule has 35 heavy (non-hydrogen) atoms. The second-order valence-corrected chi connectivity index (χ2v) is 8.89. The maximum Gasteiger partial charge on any atom is 0.268 e. The molecule has 0 aliphatic carbocycles. The fourth-order valence-electron chi connectivity index (χ4n) is 3.95. The van der Waals surface area contributed by atoms with Crippen LogP contribution in [-0.2, 0) is 4.79 Å². The predicted octanol–water partition coefficient (Wildman–Crippen LogP) is 5.27. The van der Waals surface area contributed by atoms with Crippen molar-refractivity contribution in [3.8, 4) is 33.5 Å². The molecule has 0 radical (unpaired) electrons. The third-order valence-electron chi connectivity index (χ3n) is 5.81. The number of carbonyl (C=O) groups is 2. The number of benzene rings is 2. The fraction of sp³-hybridized carbons (Fsp3) is 0.185. The minimum Gasteiger partial charge on any atom is -0.497 e. The van der Waals surface area contributed by atoms with E-state index in [-0.39, 0.29) is 18.2 Å². The summed E-state index contributed by atoms with van der Waals surface area (Å²) in [5.74, 6) is 0.738. The van der Waals surface area contributed by atoms with E-state index in [0.29, 0.717) is 29.2 Å². The van der Waals surface area contributed by atoms with E-state index in [1.807, 2.05) is 48.7 Å². The summed E-state index contributed by atoms with van der Waals surface area (Å²) >= 11 is 1.50. The lowest BCUT2D eigenvalue weighted by atomic mass is 10.0. The number of rotatable bonds is 7. The van der Waals surface area contributed by atoms with Gasteiger partial charge in [0.2, 0.25) is 0 Å². The minimum absolute atomic E-state index is 0.0986. The van der Waals surface area contributed by atoms with Gasteiger partial charge in [-0.05, 0) is 48.9 Å². The Morgan fingerprint density at radius 1 is 1.11 bits per heavy atom. The van der Waals surface area contributed by atoms with E-state index in [1.165, 1.54) is 16.2 Å². The highest BCUT2D eigenvalue weighted by Gasteiger charge is 2.35. The van der Waals surface area contributed by atoms with Crippen molar-refractivity contribution < 1.29 is 19.1 Å². The van der Waals surface area contributed by atoms with Crippen LogP contribution in [0.1, 0.15) is 23.7 Å². The molecule has 2 aromatic carbocycles. The number of methoxy groups -OCH3 is 1. The van der Waals surface area contributed by atoms with E-state index >= 15 is 0 Å². The van der Waals surface area contributed by atoms with Gasteiger partial charge in [0.25, 0.3) is 5.91 Å². The summed E-state index contributed by atoms with van der Waals surface area (Å²) in [6.45, 7) is 1.79. The summed E-state index contributed by atoms with van der Waals surface area (Å²) in [6.07, 6.45) is 1.60. The smallest absolute Gasteiger partial charge is 0.268 e. The van der Waals surface area contributed by atoms with Crippen molar-refractivity contribution in [2.75, 3.05) is 18.6 Å². The van der Waals surface area contributed by atoms with Crippen LogP contribution >= 0.6 is 11.3 Å². The van der Waals surface area contributed by atoms with Crippen LogP contribution in [0.4, 0.5) is 5.69 Å². The first-order valence-electron chi connectivity index (χ1n) is 11.2. The third-order valence-corrected chi connectivity index (χ3v) is 6.67. The molecule has 8 heteroatoms. The van der Waals surface area contributed by atoms with Crippen molar-refractivity contribution in [3.05, 3.63) is 77.8 Å². The van der Waals surface area contributed by atoms with Crippen LogP contribution in [0.25, 0.3) is 22.0 Å². The van der Waals surface area contributed by atoms with Crippen LogP contribution in [0.2, 0.25) is 0 Å². The average molecular weight is 486 g/mol. The van der Waals surface area contributed by atoms with Crippen molar-refractivity contribution in [1.82, 2.24) is 9.97 Å². The maximum absolute atomic E-state index is 13.2. The molecule has 2 aromatic heterocycles. The number of nitrogens with zero attached hydrogens (tertiary/aromatic N) is 3. The number of ether oxygens (including phenoxy) is 2. The van der Waals surface area contributed by atoms with Gasteiger partial charge in [-0.25, -0.2) is 4.98 Å². The number of thiazole rings is 1. The van der Waals surface area contributed by atoms with E-state index < -0.39 is 6.10 Å². The lowest BCUT2D eigenvalue weighted by Gasteiger charge is -2.34. The molecule has 5 rings (SSSR count). The van der Waals surface area contributed by atoms with Gasteiger partial charge in [0, 0.05) is 22.7 Å². The van der Waals surface area contributed by atoms with Crippen molar-refractivity contribution in [1.29, 1.82) is 0 Å². The monoisotopic (exact) mass is 485 g/mol. The van der Waals surface area contributed by atoms with Gasteiger partial charge in [-0.3, -0.25) is 19.5 Å². The lowest BCUT2D eigenvalue weighted by molar-refractivity contribution is -0.126. The predicted molar refractivity (Wildman–Crippen MR) is 135 cm³/mol. The average Bonchev–Trinajstić information content (AvgIpc) is 3.41.